The van der Waals surface area contributed by atoms with Crippen molar-refractivity contribution >= 4 is 0 Å². The van der Waals surface area contributed by atoms with E-state index in [9.17, 15) is 0 Å². The minimum absolute atomic E-state index is 0.258. The van der Waals surface area contributed by atoms with E-state index in [-0.39, 0.29) is 6.04 Å². The van der Waals surface area contributed by atoms with Gasteiger partial charge >= 0.3 is 0 Å². The summed E-state index contributed by atoms with van der Waals surface area (Å²) in [5, 5.41) is 4.54. The molecule has 2 aromatic rings. The van der Waals surface area contributed by atoms with Crippen molar-refractivity contribution in [3.8, 4) is 0 Å². The van der Waals surface area contributed by atoms with Crippen molar-refractivity contribution < 1.29 is 0 Å². The number of hydrogen-bond donors (Lipinski definition) is 2. The SMILES string of the molecule is CCc1cc(CC(NN)C2CCc3ccccc32)n(C)n1. The van der Waals surface area contributed by atoms with Crippen LogP contribution in [0.25, 0.3) is 0 Å². The van der Waals surface area contributed by atoms with Crippen LogP contribution in [0.2, 0.25) is 0 Å². The highest BCUT2D eigenvalue weighted by Gasteiger charge is 2.29. The Hall–Kier alpha value is -1.65. The molecule has 0 aliphatic heterocycles. The van der Waals surface area contributed by atoms with E-state index in [0.717, 1.165) is 25.0 Å². The number of hydrogen-bond acceptors (Lipinski definition) is 3. The van der Waals surface area contributed by atoms with Crippen molar-refractivity contribution in [2.45, 2.75) is 44.6 Å². The molecule has 1 aromatic carbocycles. The Morgan fingerprint density at radius 1 is 1.43 bits per heavy atom. The van der Waals surface area contributed by atoms with Crippen molar-refractivity contribution in [2.24, 2.45) is 12.9 Å². The van der Waals surface area contributed by atoms with E-state index < -0.39 is 0 Å². The zero-order valence-electron chi connectivity index (χ0n) is 12.8. The highest BCUT2D eigenvalue weighted by atomic mass is 15.3. The van der Waals surface area contributed by atoms with Gasteiger partial charge in [-0.3, -0.25) is 16.0 Å². The van der Waals surface area contributed by atoms with Gasteiger partial charge in [-0.05, 0) is 36.5 Å². The molecular formula is C17H24N4. The maximum absolute atomic E-state index is 5.87. The van der Waals surface area contributed by atoms with Crippen molar-refractivity contribution in [3.63, 3.8) is 0 Å². The summed E-state index contributed by atoms with van der Waals surface area (Å²) < 4.78 is 1.99. The summed E-state index contributed by atoms with van der Waals surface area (Å²) in [5.74, 6) is 6.36. The van der Waals surface area contributed by atoms with Crippen LogP contribution in [-0.2, 0) is 26.3 Å². The molecule has 21 heavy (non-hydrogen) atoms. The topological polar surface area (TPSA) is 55.9 Å². The summed E-state index contributed by atoms with van der Waals surface area (Å²) in [6, 6.07) is 11.2. The molecule has 3 N–H and O–H groups in total. The van der Waals surface area contributed by atoms with Gasteiger partial charge in [-0.15, -0.1) is 0 Å². The van der Waals surface area contributed by atoms with Crippen LogP contribution in [0, 0.1) is 0 Å². The molecule has 112 valence electrons. The first-order valence-electron chi connectivity index (χ1n) is 7.78. The lowest BCUT2D eigenvalue weighted by atomic mass is 9.90. The van der Waals surface area contributed by atoms with Gasteiger partial charge in [0.1, 0.15) is 0 Å². The predicted molar refractivity (Wildman–Crippen MR) is 84.9 cm³/mol. The van der Waals surface area contributed by atoms with Crippen LogP contribution in [0.4, 0.5) is 0 Å². The fourth-order valence-electron chi connectivity index (χ4n) is 3.49. The van der Waals surface area contributed by atoms with Crippen molar-refractivity contribution in [1.29, 1.82) is 0 Å². The van der Waals surface area contributed by atoms with Gasteiger partial charge in [0.2, 0.25) is 0 Å². The molecule has 1 aromatic heterocycles. The van der Waals surface area contributed by atoms with E-state index in [0.29, 0.717) is 5.92 Å². The van der Waals surface area contributed by atoms with Crippen LogP contribution in [0.3, 0.4) is 0 Å². The third kappa shape index (κ3) is 2.74. The molecule has 1 aliphatic rings. The van der Waals surface area contributed by atoms with Gasteiger partial charge in [-0.1, -0.05) is 31.2 Å². The smallest absolute Gasteiger partial charge is 0.0624 e. The fraction of sp³-hybridized carbons (Fsp3) is 0.471. The summed E-state index contributed by atoms with van der Waals surface area (Å²) in [5.41, 5.74) is 8.38. The van der Waals surface area contributed by atoms with E-state index in [4.69, 9.17) is 5.84 Å². The second-order valence-corrected chi connectivity index (χ2v) is 5.93. The van der Waals surface area contributed by atoms with Crippen LogP contribution in [0.15, 0.2) is 30.3 Å². The van der Waals surface area contributed by atoms with Crippen LogP contribution in [0.1, 0.15) is 41.8 Å². The Labute approximate surface area is 126 Å². The van der Waals surface area contributed by atoms with Gasteiger partial charge in [-0.2, -0.15) is 5.10 Å². The largest absolute Gasteiger partial charge is 0.272 e. The highest BCUT2D eigenvalue weighted by Crippen LogP contribution is 2.36. The number of benzene rings is 1. The molecule has 0 saturated carbocycles. The number of rotatable bonds is 5. The molecule has 0 radical (unpaired) electrons. The average Bonchev–Trinajstić information content (AvgIpc) is 3.08. The molecule has 0 fully saturated rings. The number of hydrazine groups is 1. The van der Waals surface area contributed by atoms with Crippen LogP contribution in [-0.4, -0.2) is 15.8 Å². The number of fused-ring (bicyclic) bond motifs is 1. The second kappa shape index (κ2) is 6.00. The molecular weight excluding hydrogens is 260 g/mol. The Bertz CT molecular complexity index is 617. The quantitative estimate of drug-likeness (QED) is 0.653. The molecule has 4 nitrogen and oxygen atoms in total. The summed E-state index contributed by atoms with van der Waals surface area (Å²) in [7, 11) is 2.02. The second-order valence-electron chi connectivity index (χ2n) is 5.93. The number of nitrogens with zero attached hydrogens (tertiary/aromatic N) is 2. The number of nitrogens with two attached hydrogens (primary N) is 1. The summed E-state index contributed by atoms with van der Waals surface area (Å²) in [6.45, 7) is 2.14. The molecule has 4 heteroatoms. The van der Waals surface area contributed by atoms with E-state index in [2.05, 4.69) is 47.8 Å². The molecule has 0 saturated heterocycles. The first kappa shape index (κ1) is 14.3. The predicted octanol–water partition coefficient (Wildman–Crippen LogP) is 2.09. The van der Waals surface area contributed by atoms with Crippen LogP contribution >= 0.6 is 0 Å². The Balaban J connectivity index is 1.81. The molecule has 1 aliphatic carbocycles. The Kier molecular flexibility index (Phi) is 4.08. The van der Waals surface area contributed by atoms with Gasteiger partial charge in [0.15, 0.2) is 0 Å². The third-order valence-electron chi connectivity index (χ3n) is 4.70. The van der Waals surface area contributed by atoms with E-state index in [1.807, 2.05) is 11.7 Å². The first-order chi connectivity index (χ1) is 10.2. The van der Waals surface area contributed by atoms with Gasteiger partial charge in [0.25, 0.3) is 0 Å². The molecule has 0 spiro atoms. The standard InChI is InChI=1S/C17H24N4/c1-3-13-10-14(21(2)20-13)11-17(19-18)16-9-8-12-6-4-5-7-15(12)16/h4-7,10,16-17,19H,3,8-9,11,18H2,1-2H3. The zero-order chi connectivity index (χ0) is 14.8. The third-order valence-corrected chi connectivity index (χ3v) is 4.70. The van der Waals surface area contributed by atoms with Crippen LogP contribution in [0.5, 0.6) is 0 Å². The minimum Gasteiger partial charge on any atom is -0.272 e. The van der Waals surface area contributed by atoms with Gasteiger partial charge in [0, 0.05) is 31.1 Å². The van der Waals surface area contributed by atoms with Crippen molar-refractivity contribution in [2.75, 3.05) is 0 Å². The molecule has 2 unspecified atom stereocenters. The number of nitrogens with one attached hydrogen (secondary N) is 1. The van der Waals surface area contributed by atoms with E-state index in [1.165, 1.54) is 23.2 Å². The van der Waals surface area contributed by atoms with Gasteiger partial charge in [0.05, 0.1) is 5.69 Å². The average molecular weight is 284 g/mol. The maximum Gasteiger partial charge on any atom is 0.0624 e. The fourth-order valence-corrected chi connectivity index (χ4v) is 3.49. The molecule has 2 atom stereocenters. The van der Waals surface area contributed by atoms with Gasteiger partial charge < -0.3 is 0 Å². The number of aromatic nitrogens is 2. The number of aryl methyl sites for hydroxylation is 3. The Morgan fingerprint density at radius 3 is 2.95 bits per heavy atom. The Morgan fingerprint density at radius 2 is 2.24 bits per heavy atom. The summed E-state index contributed by atoms with van der Waals surface area (Å²) in [6.07, 6.45) is 4.22. The van der Waals surface area contributed by atoms with Gasteiger partial charge in [-0.25, -0.2) is 0 Å². The normalized spacial score (nSPS) is 18.7. The maximum atomic E-state index is 5.87. The van der Waals surface area contributed by atoms with Crippen molar-refractivity contribution in [3.05, 3.63) is 52.8 Å². The zero-order valence-corrected chi connectivity index (χ0v) is 12.8. The molecule has 0 bridgehead atoms. The molecule has 1 heterocycles. The van der Waals surface area contributed by atoms with Crippen molar-refractivity contribution in [1.82, 2.24) is 15.2 Å². The minimum atomic E-state index is 0.258. The van der Waals surface area contributed by atoms with E-state index in [1.54, 1.807) is 0 Å². The van der Waals surface area contributed by atoms with E-state index >= 15 is 0 Å². The molecule has 0 amide bonds. The lowest BCUT2D eigenvalue weighted by Crippen LogP contribution is -2.41. The first-order valence-corrected chi connectivity index (χ1v) is 7.78. The highest BCUT2D eigenvalue weighted by molar-refractivity contribution is 5.36. The van der Waals surface area contributed by atoms with Crippen LogP contribution < -0.4 is 11.3 Å². The lowest BCUT2D eigenvalue weighted by Gasteiger charge is -2.23. The summed E-state index contributed by atoms with van der Waals surface area (Å²) >= 11 is 0. The molecule has 3 rings (SSSR count). The lowest BCUT2D eigenvalue weighted by molar-refractivity contribution is 0.425. The summed E-state index contributed by atoms with van der Waals surface area (Å²) in [4.78, 5) is 0. The monoisotopic (exact) mass is 284 g/mol.